The first kappa shape index (κ1) is 18.3. The summed E-state index contributed by atoms with van der Waals surface area (Å²) < 4.78 is 0. The first-order chi connectivity index (χ1) is 12.9. The summed E-state index contributed by atoms with van der Waals surface area (Å²) in [5, 5.41) is 1.74. The van der Waals surface area contributed by atoms with Gasteiger partial charge >= 0.3 is 0 Å². The van der Waals surface area contributed by atoms with Crippen molar-refractivity contribution in [1.82, 2.24) is 15.0 Å². The highest BCUT2D eigenvalue weighted by atomic mass is 35.5. The maximum absolute atomic E-state index is 6.20. The van der Waals surface area contributed by atoms with Crippen LogP contribution in [-0.2, 0) is 0 Å². The Kier molecular flexibility index (Phi) is 4.82. The van der Waals surface area contributed by atoms with Crippen molar-refractivity contribution in [1.29, 1.82) is 0 Å². The number of anilines is 1. The number of aromatic nitrogens is 3. The summed E-state index contributed by atoms with van der Waals surface area (Å²) in [6.07, 6.45) is 3.15. The molecule has 27 heavy (non-hydrogen) atoms. The predicted molar refractivity (Wildman–Crippen MR) is 113 cm³/mol. The van der Waals surface area contributed by atoms with Gasteiger partial charge in [0.1, 0.15) is 11.0 Å². The number of nitrogens with two attached hydrogens (primary N) is 1. The Morgan fingerprint density at radius 3 is 1.78 bits per heavy atom. The molecule has 0 aliphatic rings. The third-order valence-electron chi connectivity index (χ3n) is 3.99. The standard InChI is InChI=1S/C19H10Cl4N4/c20-11-3-1-9(5-13(11)22)17-18(10-2-4-12(21)14(23)6-10)27-19-15(24)7-25-8-16(19)26-17/h1-8H,24H2. The fourth-order valence-corrected chi connectivity index (χ4v) is 3.29. The van der Waals surface area contributed by atoms with Gasteiger partial charge in [0, 0.05) is 11.1 Å². The van der Waals surface area contributed by atoms with Crippen LogP contribution in [0.2, 0.25) is 20.1 Å². The van der Waals surface area contributed by atoms with Crippen LogP contribution in [0.3, 0.4) is 0 Å². The van der Waals surface area contributed by atoms with Gasteiger partial charge in [-0.05, 0) is 24.3 Å². The molecule has 0 fully saturated rings. The van der Waals surface area contributed by atoms with E-state index in [1.807, 2.05) is 12.1 Å². The second-order valence-corrected chi connectivity index (χ2v) is 7.40. The molecule has 0 saturated carbocycles. The Hall–Kier alpha value is -2.11. The van der Waals surface area contributed by atoms with Gasteiger partial charge in [0.05, 0.1) is 49.6 Å². The van der Waals surface area contributed by atoms with Gasteiger partial charge in [-0.15, -0.1) is 0 Å². The van der Waals surface area contributed by atoms with Crippen molar-refractivity contribution in [3.63, 3.8) is 0 Å². The van der Waals surface area contributed by atoms with Crippen LogP contribution in [-0.4, -0.2) is 15.0 Å². The van der Waals surface area contributed by atoms with Crippen LogP contribution >= 0.6 is 46.4 Å². The zero-order valence-corrected chi connectivity index (χ0v) is 16.6. The van der Waals surface area contributed by atoms with Gasteiger partial charge < -0.3 is 5.73 Å². The van der Waals surface area contributed by atoms with E-state index < -0.39 is 0 Å². The van der Waals surface area contributed by atoms with Crippen molar-refractivity contribution in [2.24, 2.45) is 0 Å². The van der Waals surface area contributed by atoms with E-state index in [1.165, 1.54) is 6.20 Å². The smallest absolute Gasteiger partial charge is 0.116 e. The second kappa shape index (κ2) is 7.13. The lowest BCUT2D eigenvalue weighted by Gasteiger charge is -2.12. The molecular formula is C19H10Cl4N4. The highest BCUT2D eigenvalue weighted by Gasteiger charge is 2.16. The van der Waals surface area contributed by atoms with Gasteiger partial charge in [-0.25, -0.2) is 9.97 Å². The Morgan fingerprint density at radius 1 is 0.667 bits per heavy atom. The average Bonchev–Trinajstić information content (AvgIpc) is 2.66. The van der Waals surface area contributed by atoms with Gasteiger partial charge in [0.25, 0.3) is 0 Å². The molecule has 0 bridgehead atoms. The van der Waals surface area contributed by atoms with E-state index in [0.29, 0.717) is 48.2 Å². The van der Waals surface area contributed by atoms with Gasteiger partial charge in [-0.2, -0.15) is 0 Å². The number of hydrogen-bond donors (Lipinski definition) is 1. The summed E-state index contributed by atoms with van der Waals surface area (Å²) in [6.45, 7) is 0. The summed E-state index contributed by atoms with van der Waals surface area (Å²) in [5.41, 5.74) is 10.3. The van der Waals surface area contributed by atoms with Crippen LogP contribution in [0, 0.1) is 0 Å². The lowest BCUT2D eigenvalue weighted by Crippen LogP contribution is -1.99. The van der Waals surface area contributed by atoms with Gasteiger partial charge in [-0.1, -0.05) is 58.5 Å². The van der Waals surface area contributed by atoms with Crippen LogP contribution in [0.4, 0.5) is 5.69 Å². The maximum Gasteiger partial charge on any atom is 0.116 e. The molecule has 0 amide bonds. The molecule has 0 unspecified atom stereocenters. The molecule has 2 heterocycles. The fourth-order valence-electron chi connectivity index (χ4n) is 2.69. The summed E-state index contributed by atoms with van der Waals surface area (Å²) in [6, 6.07) is 10.5. The molecule has 4 nitrogen and oxygen atoms in total. The highest BCUT2D eigenvalue weighted by Crippen LogP contribution is 2.36. The molecule has 4 rings (SSSR count). The van der Waals surface area contributed by atoms with Crippen LogP contribution in [0.1, 0.15) is 0 Å². The molecule has 2 aromatic carbocycles. The van der Waals surface area contributed by atoms with E-state index in [2.05, 4.69) is 4.98 Å². The number of fused-ring (bicyclic) bond motifs is 1. The molecule has 134 valence electrons. The maximum atomic E-state index is 6.20. The summed E-state index contributed by atoms with van der Waals surface area (Å²) in [5.74, 6) is 0. The number of halogens is 4. The number of nitrogens with zero attached hydrogens (tertiary/aromatic N) is 3. The van der Waals surface area contributed by atoms with Crippen LogP contribution in [0.5, 0.6) is 0 Å². The monoisotopic (exact) mass is 434 g/mol. The minimum atomic E-state index is 0.416. The van der Waals surface area contributed by atoms with Crippen molar-refractivity contribution in [2.45, 2.75) is 0 Å². The van der Waals surface area contributed by atoms with Gasteiger partial charge in [0.15, 0.2) is 0 Å². The number of pyridine rings is 1. The minimum Gasteiger partial charge on any atom is -0.396 e. The normalized spacial score (nSPS) is 11.1. The third-order valence-corrected chi connectivity index (χ3v) is 5.47. The van der Waals surface area contributed by atoms with Crippen molar-refractivity contribution < 1.29 is 0 Å². The van der Waals surface area contributed by atoms with Gasteiger partial charge in [-0.3, -0.25) is 4.98 Å². The van der Waals surface area contributed by atoms with E-state index in [1.54, 1.807) is 30.5 Å². The van der Waals surface area contributed by atoms with Crippen molar-refractivity contribution >= 4 is 63.1 Å². The van der Waals surface area contributed by atoms with E-state index in [9.17, 15) is 0 Å². The van der Waals surface area contributed by atoms with Crippen LogP contribution < -0.4 is 5.73 Å². The number of hydrogen-bond acceptors (Lipinski definition) is 4. The number of benzene rings is 2. The predicted octanol–water partition coefficient (Wildman–Crippen LogP) is 6.55. The minimum absolute atomic E-state index is 0.416. The zero-order chi connectivity index (χ0) is 19.1. The molecule has 0 aliphatic carbocycles. The Morgan fingerprint density at radius 2 is 1.22 bits per heavy atom. The van der Waals surface area contributed by atoms with Crippen LogP contribution in [0.25, 0.3) is 33.5 Å². The van der Waals surface area contributed by atoms with Crippen molar-refractivity contribution in [3.8, 4) is 22.5 Å². The summed E-state index contributed by atoms with van der Waals surface area (Å²) >= 11 is 24.5. The molecule has 0 radical (unpaired) electrons. The van der Waals surface area contributed by atoms with Crippen molar-refractivity contribution in [2.75, 3.05) is 5.73 Å². The van der Waals surface area contributed by atoms with Crippen molar-refractivity contribution in [3.05, 3.63) is 68.9 Å². The SMILES string of the molecule is Nc1cncc2nc(-c3ccc(Cl)c(Cl)c3)c(-c3ccc(Cl)c(Cl)c3)nc12. The highest BCUT2D eigenvalue weighted by molar-refractivity contribution is 6.42. The molecule has 8 heteroatoms. The first-order valence-electron chi connectivity index (χ1n) is 7.76. The molecule has 0 saturated heterocycles. The zero-order valence-electron chi connectivity index (χ0n) is 13.5. The second-order valence-electron chi connectivity index (χ2n) is 5.78. The lowest BCUT2D eigenvalue weighted by molar-refractivity contribution is 1.25. The topological polar surface area (TPSA) is 64.7 Å². The Labute approximate surface area is 174 Å². The third kappa shape index (κ3) is 3.42. The molecule has 0 aliphatic heterocycles. The Balaban J connectivity index is 2.05. The molecule has 2 aromatic heterocycles. The number of rotatable bonds is 2. The quantitative estimate of drug-likeness (QED) is 0.387. The first-order valence-corrected chi connectivity index (χ1v) is 9.27. The number of nitrogen functional groups attached to an aromatic ring is 1. The van der Waals surface area contributed by atoms with Crippen LogP contribution in [0.15, 0.2) is 48.8 Å². The Bertz CT molecular complexity index is 1190. The average molecular weight is 436 g/mol. The molecule has 0 atom stereocenters. The largest absolute Gasteiger partial charge is 0.396 e. The fraction of sp³-hybridized carbons (Fsp3) is 0. The van der Waals surface area contributed by atoms with E-state index in [-0.39, 0.29) is 0 Å². The molecular weight excluding hydrogens is 426 g/mol. The summed E-state index contributed by atoms with van der Waals surface area (Å²) in [7, 11) is 0. The van der Waals surface area contributed by atoms with E-state index in [0.717, 1.165) is 11.1 Å². The lowest BCUT2D eigenvalue weighted by atomic mass is 10.0. The van der Waals surface area contributed by atoms with E-state index in [4.69, 9.17) is 62.1 Å². The van der Waals surface area contributed by atoms with E-state index >= 15 is 0 Å². The molecule has 0 spiro atoms. The summed E-state index contributed by atoms with van der Waals surface area (Å²) in [4.78, 5) is 13.6. The van der Waals surface area contributed by atoms with Gasteiger partial charge in [0.2, 0.25) is 0 Å². The molecule has 4 aromatic rings. The molecule has 2 N–H and O–H groups in total.